The second kappa shape index (κ2) is 5.93. The molecule has 2 aromatic heterocycles. The summed E-state index contributed by atoms with van der Waals surface area (Å²) < 4.78 is 1.90. The van der Waals surface area contributed by atoms with Gasteiger partial charge in [-0.1, -0.05) is 13.8 Å². The first-order chi connectivity index (χ1) is 8.31. The number of hydrogen-bond donors (Lipinski definition) is 1. The molecule has 0 aliphatic heterocycles. The molecule has 5 heteroatoms. The molecule has 0 spiro atoms. The van der Waals surface area contributed by atoms with E-state index in [1.807, 2.05) is 16.0 Å². The summed E-state index contributed by atoms with van der Waals surface area (Å²) in [5.41, 5.74) is 0. The van der Waals surface area contributed by atoms with Gasteiger partial charge in [0, 0.05) is 9.75 Å². The highest BCUT2D eigenvalue weighted by Crippen LogP contribution is 2.17. The number of hydrogen-bond acceptors (Lipinski definition) is 4. The van der Waals surface area contributed by atoms with Crippen molar-refractivity contribution in [2.75, 3.05) is 6.54 Å². The van der Waals surface area contributed by atoms with E-state index in [0.717, 1.165) is 31.9 Å². The van der Waals surface area contributed by atoms with Crippen molar-refractivity contribution >= 4 is 11.3 Å². The highest BCUT2D eigenvalue weighted by molar-refractivity contribution is 7.11. The van der Waals surface area contributed by atoms with E-state index in [-0.39, 0.29) is 0 Å². The van der Waals surface area contributed by atoms with Crippen molar-refractivity contribution in [2.45, 2.75) is 33.4 Å². The van der Waals surface area contributed by atoms with Crippen LogP contribution >= 0.6 is 11.3 Å². The molecule has 4 nitrogen and oxygen atoms in total. The van der Waals surface area contributed by atoms with E-state index in [9.17, 15) is 0 Å². The van der Waals surface area contributed by atoms with Gasteiger partial charge in [-0.15, -0.1) is 11.3 Å². The van der Waals surface area contributed by atoms with Crippen molar-refractivity contribution < 1.29 is 0 Å². The molecule has 0 saturated heterocycles. The maximum Gasteiger partial charge on any atom is 0.164 e. The predicted molar refractivity (Wildman–Crippen MR) is 70.2 cm³/mol. The highest BCUT2D eigenvalue weighted by Gasteiger charge is 2.03. The van der Waals surface area contributed by atoms with Crippen LogP contribution in [0.25, 0.3) is 0 Å². The van der Waals surface area contributed by atoms with Crippen molar-refractivity contribution in [3.8, 4) is 0 Å². The molecule has 0 fully saturated rings. The largest absolute Gasteiger partial charge is 0.310 e. The van der Waals surface area contributed by atoms with Crippen LogP contribution in [0.1, 0.15) is 29.4 Å². The summed E-state index contributed by atoms with van der Waals surface area (Å²) in [6, 6.07) is 4.37. The maximum atomic E-state index is 4.43. The van der Waals surface area contributed by atoms with Crippen molar-refractivity contribution in [3.63, 3.8) is 0 Å². The third-order valence-corrected chi connectivity index (χ3v) is 3.71. The average molecular weight is 250 g/mol. The SMILES string of the molecule is CCNCc1ncn(Cc2ccc(CC)s2)n1. The molecule has 2 rings (SSSR count). The summed E-state index contributed by atoms with van der Waals surface area (Å²) in [7, 11) is 0. The lowest BCUT2D eigenvalue weighted by Gasteiger charge is -1.97. The second-order valence-corrected chi connectivity index (χ2v) is 5.11. The Morgan fingerprint density at radius 3 is 2.82 bits per heavy atom. The van der Waals surface area contributed by atoms with E-state index >= 15 is 0 Å². The first-order valence-electron chi connectivity index (χ1n) is 5.98. The summed E-state index contributed by atoms with van der Waals surface area (Å²) in [5.74, 6) is 0.860. The van der Waals surface area contributed by atoms with Gasteiger partial charge in [0.15, 0.2) is 5.82 Å². The van der Waals surface area contributed by atoms with Crippen molar-refractivity contribution in [2.24, 2.45) is 0 Å². The van der Waals surface area contributed by atoms with E-state index in [1.165, 1.54) is 9.75 Å². The van der Waals surface area contributed by atoms with Gasteiger partial charge in [-0.25, -0.2) is 9.67 Å². The number of nitrogens with one attached hydrogen (secondary N) is 1. The van der Waals surface area contributed by atoms with Gasteiger partial charge < -0.3 is 5.32 Å². The smallest absolute Gasteiger partial charge is 0.164 e. The van der Waals surface area contributed by atoms with Crippen LogP contribution in [-0.4, -0.2) is 21.3 Å². The van der Waals surface area contributed by atoms with E-state index < -0.39 is 0 Å². The van der Waals surface area contributed by atoms with Gasteiger partial charge in [0.05, 0.1) is 13.1 Å². The van der Waals surface area contributed by atoms with Crippen molar-refractivity contribution in [3.05, 3.63) is 34.0 Å². The zero-order valence-electron chi connectivity index (χ0n) is 10.3. The van der Waals surface area contributed by atoms with Gasteiger partial charge in [-0.2, -0.15) is 5.10 Å². The fourth-order valence-corrected chi connectivity index (χ4v) is 2.53. The number of thiophene rings is 1. The standard InChI is InChI=1S/C12H18N4S/c1-3-10-5-6-11(17-10)8-16-9-14-12(15-16)7-13-4-2/h5-6,9,13H,3-4,7-8H2,1-2H3. The van der Waals surface area contributed by atoms with Crippen LogP contribution in [-0.2, 0) is 19.5 Å². The van der Waals surface area contributed by atoms with Gasteiger partial charge in [-0.05, 0) is 25.1 Å². The minimum atomic E-state index is 0.744. The van der Waals surface area contributed by atoms with Crippen LogP contribution in [0.5, 0.6) is 0 Å². The van der Waals surface area contributed by atoms with Crippen LogP contribution in [0.2, 0.25) is 0 Å². The predicted octanol–water partition coefficient (Wildman–Crippen LogP) is 2.06. The Morgan fingerprint density at radius 1 is 1.29 bits per heavy atom. The first kappa shape index (κ1) is 12.3. The summed E-state index contributed by atoms with van der Waals surface area (Å²) >= 11 is 1.85. The van der Waals surface area contributed by atoms with Crippen molar-refractivity contribution in [1.82, 2.24) is 20.1 Å². The lowest BCUT2D eigenvalue weighted by atomic mass is 10.4. The molecule has 0 atom stereocenters. The molecule has 2 heterocycles. The maximum absolute atomic E-state index is 4.43. The Morgan fingerprint density at radius 2 is 2.12 bits per heavy atom. The molecule has 1 N–H and O–H groups in total. The third kappa shape index (κ3) is 3.38. The zero-order chi connectivity index (χ0) is 12.1. The quantitative estimate of drug-likeness (QED) is 0.853. The third-order valence-electron chi connectivity index (χ3n) is 2.50. The Labute approximate surface area is 106 Å². The molecule has 0 amide bonds. The number of rotatable bonds is 6. The van der Waals surface area contributed by atoms with Gasteiger partial charge >= 0.3 is 0 Å². The molecule has 2 aromatic rings. The molecule has 0 bridgehead atoms. The summed E-state index contributed by atoms with van der Waals surface area (Å²) in [6.07, 6.45) is 2.91. The number of nitrogens with zero attached hydrogens (tertiary/aromatic N) is 3. The zero-order valence-corrected chi connectivity index (χ0v) is 11.1. The molecule has 92 valence electrons. The van der Waals surface area contributed by atoms with Gasteiger partial charge in [0.2, 0.25) is 0 Å². The average Bonchev–Trinajstić information content (AvgIpc) is 2.96. The van der Waals surface area contributed by atoms with Crippen LogP contribution < -0.4 is 5.32 Å². The molecule has 0 unspecified atom stereocenters. The minimum absolute atomic E-state index is 0.744. The Hall–Kier alpha value is -1.20. The summed E-state index contributed by atoms with van der Waals surface area (Å²) in [5, 5.41) is 7.65. The van der Waals surface area contributed by atoms with E-state index in [1.54, 1.807) is 6.33 Å². The Kier molecular flexibility index (Phi) is 4.28. The first-order valence-corrected chi connectivity index (χ1v) is 6.80. The van der Waals surface area contributed by atoms with Crippen molar-refractivity contribution in [1.29, 1.82) is 0 Å². The molecule has 0 aliphatic rings. The minimum Gasteiger partial charge on any atom is -0.310 e. The normalized spacial score (nSPS) is 10.9. The lowest BCUT2D eigenvalue weighted by molar-refractivity contribution is 0.646. The van der Waals surface area contributed by atoms with Gasteiger partial charge in [-0.3, -0.25) is 0 Å². The van der Waals surface area contributed by atoms with E-state index in [4.69, 9.17) is 0 Å². The lowest BCUT2D eigenvalue weighted by Crippen LogP contribution is -2.13. The molecular weight excluding hydrogens is 232 g/mol. The topological polar surface area (TPSA) is 42.7 Å². The van der Waals surface area contributed by atoms with E-state index in [0.29, 0.717) is 0 Å². The van der Waals surface area contributed by atoms with Crippen LogP contribution in [0.3, 0.4) is 0 Å². The Balaban J connectivity index is 1.96. The van der Waals surface area contributed by atoms with E-state index in [2.05, 4.69) is 41.4 Å². The van der Waals surface area contributed by atoms with Crippen LogP contribution in [0.4, 0.5) is 0 Å². The highest BCUT2D eigenvalue weighted by atomic mass is 32.1. The fraction of sp³-hybridized carbons (Fsp3) is 0.500. The number of aryl methyl sites for hydroxylation is 1. The van der Waals surface area contributed by atoms with Crippen LogP contribution in [0, 0.1) is 0 Å². The molecule has 0 aliphatic carbocycles. The van der Waals surface area contributed by atoms with Gasteiger partial charge in [0.1, 0.15) is 6.33 Å². The molecule has 0 radical (unpaired) electrons. The van der Waals surface area contributed by atoms with Crippen LogP contribution in [0.15, 0.2) is 18.5 Å². The number of aromatic nitrogens is 3. The molecule has 17 heavy (non-hydrogen) atoms. The second-order valence-electron chi connectivity index (χ2n) is 3.86. The summed E-state index contributed by atoms with van der Waals surface area (Å²) in [4.78, 5) is 7.03. The Bertz CT molecular complexity index is 461. The van der Waals surface area contributed by atoms with Gasteiger partial charge in [0.25, 0.3) is 0 Å². The molecule has 0 aromatic carbocycles. The summed E-state index contributed by atoms with van der Waals surface area (Å²) in [6.45, 7) is 6.77. The molecule has 0 saturated carbocycles. The fourth-order valence-electron chi connectivity index (χ4n) is 1.58. The molecular formula is C12H18N4S. The monoisotopic (exact) mass is 250 g/mol.